The second-order valence-electron chi connectivity index (χ2n) is 6.69. The summed E-state index contributed by atoms with van der Waals surface area (Å²) in [6, 6.07) is 17.0. The molecule has 136 valence electrons. The SMILES string of the molecule is C[C@@H](NC(=O)C1CCN(C(=O)c2ccccc2Cl)CC1)c1ccccc1. The fourth-order valence-corrected chi connectivity index (χ4v) is 3.52. The highest BCUT2D eigenvalue weighted by Crippen LogP contribution is 2.23. The maximum atomic E-state index is 12.6. The lowest BCUT2D eigenvalue weighted by atomic mass is 9.94. The summed E-state index contributed by atoms with van der Waals surface area (Å²) in [6.07, 6.45) is 1.34. The van der Waals surface area contributed by atoms with Crippen molar-refractivity contribution in [2.45, 2.75) is 25.8 Å². The van der Waals surface area contributed by atoms with Gasteiger partial charge in [-0.3, -0.25) is 9.59 Å². The molecule has 4 nitrogen and oxygen atoms in total. The van der Waals surface area contributed by atoms with Gasteiger partial charge in [0.25, 0.3) is 5.91 Å². The van der Waals surface area contributed by atoms with Crippen LogP contribution in [-0.2, 0) is 4.79 Å². The average Bonchev–Trinajstić information content (AvgIpc) is 2.68. The number of hydrogen-bond donors (Lipinski definition) is 1. The molecule has 1 fully saturated rings. The quantitative estimate of drug-likeness (QED) is 0.881. The Kier molecular flexibility index (Phi) is 5.94. The molecule has 0 spiro atoms. The van der Waals surface area contributed by atoms with E-state index in [4.69, 9.17) is 11.6 Å². The molecule has 1 atom stereocenters. The van der Waals surface area contributed by atoms with Crippen LogP contribution in [0.15, 0.2) is 54.6 Å². The van der Waals surface area contributed by atoms with Crippen LogP contribution in [0, 0.1) is 5.92 Å². The van der Waals surface area contributed by atoms with Crippen LogP contribution in [0.2, 0.25) is 5.02 Å². The van der Waals surface area contributed by atoms with Crippen molar-refractivity contribution < 1.29 is 9.59 Å². The van der Waals surface area contributed by atoms with E-state index in [1.54, 1.807) is 17.0 Å². The van der Waals surface area contributed by atoms with Gasteiger partial charge in [-0.1, -0.05) is 54.1 Å². The molecule has 3 rings (SSSR count). The van der Waals surface area contributed by atoms with Crippen molar-refractivity contribution in [3.05, 3.63) is 70.7 Å². The summed E-state index contributed by atoms with van der Waals surface area (Å²) in [6.45, 7) is 3.13. The molecule has 0 aromatic heterocycles. The lowest BCUT2D eigenvalue weighted by molar-refractivity contribution is -0.126. The Bertz CT molecular complexity index is 771. The molecule has 1 saturated heterocycles. The Morgan fingerprint density at radius 2 is 1.65 bits per heavy atom. The van der Waals surface area contributed by atoms with Crippen molar-refractivity contribution >= 4 is 23.4 Å². The summed E-state index contributed by atoms with van der Waals surface area (Å²) in [5.41, 5.74) is 1.61. The van der Waals surface area contributed by atoms with Crippen molar-refractivity contribution in [2.75, 3.05) is 13.1 Å². The maximum Gasteiger partial charge on any atom is 0.255 e. The number of piperidine rings is 1. The molecule has 26 heavy (non-hydrogen) atoms. The molecular weight excluding hydrogens is 348 g/mol. The van der Waals surface area contributed by atoms with Gasteiger partial charge in [-0.25, -0.2) is 0 Å². The number of carbonyl (C=O) groups is 2. The number of rotatable bonds is 4. The van der Waals surface area contributed by atoms with Gasteiger partial charge in [0, 0.05) is 19.0 Å². The van der Waals surface area contributed by atoms with E-state index >= 15 is 0 Å². The molecule has 1 aliphatic heterocycles. The van der Waals surface area contributed by atoms with Gasteiger partial charge in [0.05, 0.1) is 16.6 Å². The fraction of sp³-hybridized carbons (Fsp3) is 0.333. The third-order valence-electron chi connectivity index (χ3n) is 4.92. The number of hydrogen-bond acceptors (Lipinski definition) is 2. The van der Waals surface area contributed by atoms with E-state index in [1.165, 1.54) is 0 Å². The Morgan fingerprint density at radius 3 is 2.31 bits per heavy atom. The number of halogens is 1. The van der Waals surface area contributed by atoms with Crippen LogP contribution in [0.4, 0.5) is 0 Å². The Morgan fingerprint density at radius 1 is 1.04 bits per heavy atom. The van der Waals surface area contributed by atoms with Crippen LogP contribution in [0.3, 0.4) is 0 Å². The van der Waals surface area contributed by atoms with Gasteiger partial charge in [-0.05, 0) is 37.5 Å². The fourth-order valence-electron chi connectivity index (χ4n) is 3.31. The lowest BCUT2D eigenvalue weighted by Crippen LogP contribution is -2.43. The first-order valence-electron chi connectivity index (χ1n) is 8.95. The molecule has 2 aromatic carbocycles. The van der Waals surface area contributed by atoms with Crippen molar-refractivity contribution in [2.24, 2.45) is 5.92 Å². The van der Waals surface area contributed by atoms with Crippen molar-refractivity contribution in [3.8, 4) is 0 Å². The lowest BCUT2D eigenvalue weighted by Gasteiger charge is -2.32. The first-order chi connectivity index (χ1) is 12.6. The van der Waals surface area contributed by atoms with Crippen LogP contribution in [-0.4, -0.2) is 29.8 Å². The molecule has 1 aliphatic rings. The molecule has 2 aromatic rings. The molecule has 0 aliphatic carbocycles. The van der Waals surface area contributed by atoms with Gasteiger partial charge in [0.2, 0.25) is 5.91 Å². The summed E-state index contributed by atoms with van der Waals surface area (Å²) in [5, 5.41) is 3.55. The summed E-state index contributed by atoms with van der Waals surface area (Å²) < 4.78 is 0. The van der Waals surface area contributed by atoms with Gasteiger partial charge in [0.15, 0.2) is 0 Å². The smallest absolute Gasteiger partial charge is 0.255 e. The number of amides is 2. The Balaban J connectivity index is 1.54. The zero-order valence-electron chi connectivity index (χ0n) is 14.8. The third-order valence-corrected chi connectivity index (χ3v) is 5.25. The number of nitrogens with one attached hydrogen (secondary N) is 1. The van der Waals surface area contributed by atoms with Gasteiger partial charge >= 0.3 is 0 Å². The van der Waals surface area contributed by atoms with E-state index in [0.29, 0.717) is 36.5 Å². The highest BCUT2D eigenvalue weighted by molar-refractivity contribution is 6.33. The molecule has 0 saturated carbocycles. The number of likely N-dealkylation sites (tertiary alicyclic amines) is 1. The minimum Gasteiger partial charge on any atom is -0.349 e. The third kappa shape index (κ3) is 4.25. The molecule has 0 unspecified atom stereocenters. The zero-order chi connectivity index (χ0) is 18.5. The van der Waals surface area contributed by atoms with E-state index < -0.39 is 0 Å². The second kappa shape index (κ2) is 8.37. The summed E-state index contributed by atoms with van der Waals surface area (Å²) in [7, 11) is 0. The summed E-state index contributed by atoms with van der Waals surface area (Å²) >= 11 is 6.12. The van der Waals surface area contributed by atoms with Crippen LogP contribution < -0.4 is 5.32 Å². The molecule has 1 heterocycles. The van der Waals surface area contributed by atoms with E-state index in [1.807, 2.05) is 49.4 Å². The molecule has 2 amide bonds. The van der Waals surface area contributed by atoms with E-state index in [9.17, 15) is 9.59 Å². The maximum absolute atomic E-state index is 12.6. The summed E-state index contributed by atoms with van der Waals surface area (Å²) in [5.74, 6) is -0.0604. The highest BCUT2D eigenvalue weighted by Gasteiger charge is 2.29. The second-order valence-corrected chi connectivity index (χ2v) is 7.09. The summed E-state index contributed by atoms with van der Waals surface area (Å²) in [4.78, 5) is 26.9. The minimum absolute atomic E-state index is 0.0218. The van der Waals surface area contributed by atoms with Crippen LogP contribution in [0.1, 0.15) is 41.7 Å². The Labute approximate surface area is 159 Å². The number of carbonyl (C=O) groups excluding carboxylic acids is 2. The van der Waals surface area contributed by atoms with Crippen LogP contribution >= 0.6 is 11.6 Å². The van der Waals surface area contributed by atoms with Crippen molar-refractivity contribution in [3.63, 3.8) is 0 Å². The Hall–Kier alpha value is -2.33. The zero-order valence-corrected chi connectivity index (χ0v) is 15.6. The molecular formula is C21H23ClN2O2. The first kappa shape index (κ1) is 18.5. The first-order valence-corrected chi connectivity index (χ1v) is 9.33. The molecule has 0 radical (unpaired) electrons. The standard InChI is InChI=1S/C21H23ClN2O2/c1-15(16-7-3-2-4-8-16)23-20(25)17-11-13-24(14-12-17)21(26)18-9-5-6-10-19(18)22/h2-10,15,17H,11-14H2,1H3,(H,23,25)/t15-/m1/s1. The van der Waals surface area contributed by atoms with Crippen molar-refractivity contribution in [1.82, 2.24) is 10.2 Å². The highest BCUT2D eigenvalue weighted by atomic mass is 35.5. The minimum atomic E-state index is -0.0629. The molecule has 5 heteroatoms. The van der Waals surface area contributed by atoms with Crippen LogP contribution in [0.25, 0.3) is 0 Å². The predicted molar refractivity (Wildman–Crippen MR) is 103 cm³/mol. The number of nitrogens with zero attached hydrogens (tertiary/aromatic N) is 1. The van der Waals surface area contributed by atoms with Gasteiger partial charge in [0.1, 0.15) is 0 Å². The van der Waals surface area contributed by atoms with Crippen LogP contribution in [0.5, 0.6) is 0 Å². The normalized spacial score (nSPS) is 16.2. The molecule has 0 bridgehead atoms. The largest absolute Gasteiger partial charge is 0.349 e. The number of benzene rings is 2. The predicted octanol–water partition coefficient (Wildman–Crippen LogP) is 4.07. The van der Waals surface area contributed by atoms with Crippen molar-refractivity contribution in [1.29, 1.82) is 0 Å². The van der Waals surface area contributed by atoms with Gasteiger partial charge < -0.3 is 10.2 Å². The van der Waals surface area contributed by atoms with Gasteiger partial charge in [-0.2, -0.15) is 0 Å². The van der Waals surface area contributed by atoms with E-state index in [0.717, 1.165) is 5.56 Å². The van der Waals surface area contributed by atoms with Gasteiger partial charge in [-0.15, -0.1) is 0 Å². The van der Waals surface area contributed by atoms with E-state index in [-0.39, 0.29) is 23.8 Å². The monoisotopic (exact) mass is 370 g/mol. The van der Waals surface area contributed by atoms with E-state index in [2.05, 4.69) is 5.32 Å². The topological polar surface area (TPSA) is 49.4 Å². The molecule has 1 N–H and O–H groups in total. The average molecular weight is 371 g/mol.